The monoisotopic (exact) mass is 193 g/mol. The van der Waals surface area contributed by atoms with Gasteiger partial charge in [0, 0.05) is 6.61 Å². The molecule has 0 fully saturated rings. The summed E-state index contributed by atoms with van der Waals surface area (Å²) in [5.74, 6) is 0. The average Bonchev–Trinajstić information content (AvgIpc) is 1.65. The number of halogens is 1. The van der Waals surface area contributed by atoms with Crippen LogP contribution >= 0.6 is 12.4 Å². The minimum Gasteiger partial charge on any atom is -0.396 e. The molecule has 4 heteroatoms. The van der Waals surface area contributed by atoms with Crippen LogP contribution in [0.4, 0.5) is 0 Å². The van der Waals surface area contributed by atoms with Crippen molar-refractivity contribution in [1.29, 1.82) is 0 Å². The van der Waals surface area contributed by atoms with Crippen LogP contribution in [-0.2, 0) is 0 Å². The van der Waals surface area contributed by atoms with E-state index in [1.165, 1.54) is 0 Å². The van der Waals surface area contributed by atoms with Crippen LogP contribution in [0.3, 0.4) is 0 Å². The van der Waals surface area contributed by atoms with E-state index in [0.717, 1.165) is 6.42 Å². The summed E-state index contributed by atoms with van der Waals surface area (Å²) in [5.41, 5.74) is 0. The van der Waals surface area contributed by atoms with Crippen molar-refractivity contribution in [3.8, 4) is 0 Å². The Labute approximate surface area is 88.8 Å². The normalized spacial score (nSPS) is 6.60. The molecule has 0 amide bonds. The minimum absolute atomic E-state index is 0. The van der Waals surface area contributed by atoms with Gasteiger partial charge in [0.25, 0.3) is 0 Å². The maximum absolute atomic E-state index is 7.88. The Bertz CT molecular complexity index is 34.2. The molecule has 0 aliphatic rings. The molecule has 0 saturated carbocycles. The molecule has 0 atom stereocenters. The standard InChI is InChI=1S/C3H8O.C3H9Si.ClH.Mg/c1-2-3-4;1-4(2)3;;/h4H,2-3H2,1H3;4H,1H2,2-3H3;1H;/q;-1;;+2. The second-order valence-corrected chi connectivity index (χ2v) is 4.91. The van der Waals surface area contributed by atoms with Crippen molar-refractivity contribution in [2.45, 2.75) is 26.4 Å². The summed E-state index contributed by atoms with van der Waals surface area (Å²) >= 11 is 0. The molecule has 0 rings (SSSR count). The number of rotatable bonds is 1. The first kappa shape index (κ1) is 22.5. The second-order valence-electron chi connectivity index (χ2n) is 2.12. The van der Waals surface area contributed by atoms with E-state index in [-0.39, 0.29) is 44.3 Å². The number of hydrogen-bond donors (Lipinski definition) is 1. The van der Waals surface area contributed by atoms with Gasteiger partial charge in [-0.15, -0.1) is 21.2 Å². The molecular weight excluding hydrogens is 176 g/mol. The van der Waals surface area contributed by atoms with Crippen molar-refractivity contribution in [3.63, 3.8) is 0 Å². The second kappa shape index (κ2) is 22.5. The van der Waals surface area contributed by atoms with E-state index < -0.39 is 0 Å². The Morgan fingerprint density at radius 3 is 1.50 bits per heavy atom. The summed E-state index contributed by atoms with van der Waals surface area (Å²) in [4.78, 5) is 0. The van der Waals surface area contributed by atoms with Crippen LogP contribution in [0.5, 0.6) is 0 Å². The van der Waals surface area contributed by atoms with Crippen LogP contribution in [-0.4, -0.2) is 43.6 Å². The molecule has 0 bridgehead atoms. The van der Waals surface area contributed by atoms with Gasteiger partial charge in [0.15, 0.2) is 0 Å². The third-order valence-electron chi connectivity index (χ3n) is 0.224. The van der Waals surface area contributed by atoms with E-state index in [0.29, 0.717) is 6.61 Å². The van der Waals surface area contributed by atoms with Gasteiger partial charge in [-0.1, -0.05) is 20.0 Å². The molecule has 0 unspecified atom stereocenters. The van der Waals surface area contributed by atoms with Gasteiger partial charge in [0.05, 0.1) is 0 Å². The molecule has 0 aliphatic heterocycles. The molecule has 1 nitrogen and oxygen atoms in total. The molecule has 0 heterocycles. The smallest absolute Gasteiger partial charge is 0.396 e. The van der Waals surface area contributed by atoms with Crippen LogP contribution in [0, 0.1) is 6.55 Å². The van der Waals surface area contributed by atoms with Gasteiger partial charge in [-0.3, -0.25) is 0 Å². The Hall–Kier alpha value is 1.23. The maximum atomic E-state index is 7.88. The quantitative estimate of drug-likeness (QED) is 0.492. The zero-order valence-electron chi connectivity index (χ0n) is 7.26. The zero-order chi connectivity index (χ0) is 6.99. The third kappa shape index (κ3) is 126. The van der Waals surface area contributed by atoms with Gasteiger partial charge in [-0.25, -0.2) is 0 Å². The fraction of sp³-hybridized carbons (Fsp3) is 0.833. The minimum atomic E-state index is -0.389. The van der Waals surface area contributed by atoms with Crippen molar-refractivity contribution in [2.24, 2.45) is 0 Å². The van der Waals surface area contributed by atoms with E-state index in [4.69, 9.17) is 5.11 Å². The van der Waals surface area contributed by atoms with Crippen LogP contribution in [0.1, 0.15) is 13.3 Å². The number of aliphatic hydroxyl groups excluding tert-OH is 1. The number of aliphatic hydroxyl groups is 1. The molecule has 0 aromatic carbocycles. The molecule has 0 aromatic rings. The first-order valence-electron chi connectivity index (χ1n) is 3.09. The molecule has 10 heavy (non-hydrogen) atoms. The molecule has 0 aliphatic carbocycles. The van der Waals surface area contributed by atoms with Crippen molar-refractivity contribution >= 4 is 44.3 Å². The summed E-state index contributed by atoms with van der Waals surface area (Å²) in [6, 6.07) is 0. The van der Waals surface area contributed by atoms with E-state index in [9.17, 15) is 0 Å². The summed E-state index contributed by atoms with van der Waals surface area (Å²) in [6.45, 7) is 10.4. The van der Waals surface area contributed by atoms with Crippen LogP contribution < -0.4 is 0 Å². The molecule has 60 valence electrons. The Morgan fingerprint density at radius 1 is 1.40 bits per heavy atom. The average molecular weight is 194 g/mol. The number of hydrogen-bond acceptors (Lipinski definition) is 1. The van der Waals surface area contributed by atoms with Gasteiger partial charge in [-0.05, 0) is 6.42 Å². The topological polar surface area (TPSA) is 20.2 Å². The maximum Gasteiger partial charge on any atom is 2.00 e. The summed E-state index contributed by atoms with van der Waals surface area (Å²) in [7, 11) is -0.389. The Morgan fingerprint density at radius 2 is 1.50 bits per heavy atom. The molecule has 0 spiro atoms. The molecule has 0 saturated heterocycles. The Kier molecular flexibility index (Phi) is 50.5. The SMILES string of the molecule is CCCO.Cl.[CH2-][SiH](C)C.[Mg+2]. The predicted octanol–water partition coefficient (Wildman–Crippen LogP) is 1.28. The predicted molar refractivity (Wildman–Crippen MR) is 54.6 cm³/mol. The van der Waals surface area contributed by atoms with E-state index in [1.807, 2.05) is 6.92 Å². The van der Waals surface area contributed by atoms with Gasteiger partial charge in [-0.2, -0.15) is 0 Å². The first-order chi connectivity index (χ1) is 3.65. The molecule has 0 radical (unpaired) electrons. The van der Waals surface area contributed by atoms with Crippen LogP contribution in [0.2, 0.25) is 13.1 Å². The van der Waals surface area contributed by atoms with Gasteiger partial charge in [0.1, 0.15) is 0 Å². The van der Waals surface area contributed by atoms with E-state index in [1.54, 1.807) is 0 Å². The third-order valence-corrected chi connectivity index (χ3v) is 0.224. The van der Waals surface area contributed by atoms with E-state index in [2.05, 4.69) is 19.6 Å². The van der Waals surface area contributed by atoms with Gasteiger partial charge in [0.2, 0.25) is 0 Å². The fourth-order valence-electron chi connectivity index (χ4n) is 0. The Balaban J connectivity index is -0.0000000300. The summed E-state index contributed by atoms with van der Waals surface area (Å²) in [6.07, 6.45) is 0.875. The molecular formula is C6H18ClMgOSi+. The van der Waals surface area contributed by atoms with Crippen molar-refractivity contribution in [1.82, 2.24) is 0 Å². The van der Waals surface area contributed by atoms with Crippen molar-refractivity contribution in [3.05, 3.63) is 6.55 Å². The largest absolute Gasteiger partial charge is 2.00 e. The van der Waals surface area contributed by atoms with E-state index >= 15 is 0 Å². The van der Waals surface area contributed by atoms with Crippen LogP contribution in [0.25, 0.3) is 0 Å². The van der Waals surface area contributed by atoms with Crippen LogP contribution in [0.15, 0.2) is 0 Å². The molecule has 0 aromatic heterocycles. The zero-order valence-corrected chi connectivity index (χ0v) is 10.6. The molecule has 1 N–H and O–H groups in total. The van der Waals surface area contributed by atoms with Gasteiger partial charge < -0.3 is 11.7 Å². The van der Waals surface area contributed by atoms with Gasteiger partial charge >= 0.3 is 23.1 Å². The summed E-state index contributed by atoms with van der Waals surface area (Å²) < 4.78 is 0. The van der Waals surface area contributed by atoms with Crippen molar-refractivity contribution in [2.75, 3.05) is 6.61 Å². The first-order valence-corrected chi connectivity index (χ1v) is 6.21. The fourth-order valence-corrected chi connectivity index (χ4v) is 0. The summed E-state index contributed by atoms with van der Waals surface area (Å²) in [5, 5.41) is 7.88. The van der Waals surface area contributed by atoms with Crippen molar-refractivity contribution < 1.29 is 5.11 Å².